The molecule has 1 heterocycles. The van der Waals surface area contributed by atoms with Crippen LogP contribution in [-0.4, -0.2) is 34.8 Å². The second-order valence-corrected chi connectivity index (χ2v) is 5.98. The topological polar surface area (TPSA) is 82.3 Å². The van der Waals surface area contributed by atoms with Gasteiger partial charge in [-0.25, -0.2) is 4.79 Å². The minimum Gasteiger partial charge on any atom is -0.382 e. The number of hydrogen-bond acceptors (Lipinski definition) is 4. The number of benzene rings is 1. The van der Waals surface area contributed by atoms with E-state index in [9.17, 15) is 14.4 Å². The van der Waals surface area contributed by atoms with Crippen LogP contribution in [-0.2, 0) is 22.6 Å². The Morgan fingerprint density at radius 2 is 1.96 bits per heavy atom. The van der Waals surface area contributed by atoms with Crippen LogP contribution in [0.3, 0.4) is 0 Å². The zero-order valence-electron chi connectivity index (χ0n) is 15.2. The molecule has 0 aliphatic rings. The molecule has 26 heavy (non-hydrogen) atoms. The van der Waals surface area contributed by atoms with E-state index in [2.05, 4.69) is 5.32 Å². The van der Waals surface area contributed by atoms with Crippen LogP contribution in [0.25, 0.3) is 0 Å². The summed E-state index contributed by atoms with van der Waals surface area (Å²) in [7, 11) is 0. The third kappa shape index (κ3) is 5.42. The maximum atomic E-state index is 12.6. The third-order valence-corrected chi connectivity index (χ3v) is 4.04. The Balaban J connectivity index is 2.07. The highest BCUT2D eigenvalue weighted by molar-refractivity contribution is 5.75. The molecule has 0 saturated carbocycles. The molecule has 2 rings (SSSR count). The molecule has 1 amide bonds. The maximum Gasteiger partial charge on any atom is 0.331 e. The van der Waals surface area contributed by atoms with Gasteiger partial charge in [0.15, 0.2) is 0 Å². The van der Waals surface area contributed by atoms with E-state index >= 15 is 0 Å². The van der Waals surface area contributed by atoms with Gasteiger partial charge in [-0.15, -0.1) is 0 Å². The van der Waals surface area contributed by atoms with Gasteiger partial charge in [0, 0.05) is 32.0 Å². The second-order valence-electron chi connectivity index (χ2n) is 5.98. The summed E-state index contributed by atoms with van der Waals surface area (Å²) in [4.78, 5) is 36.6. The quantitative estimate of drug-likeness (QED) is 0.675. The van der Waals surface area contributed by atoms with Crippen LogP contribution < -0.4 is 16.6 Å². The van der Waals surface area contributed by atoms with Crippen molar-refractivity contribution >= 4 is 5.91 Å². The number of nitrogens with zero attached hydrogens (tertiary/aromatic N) is 2. The number of ether oxygens (including phenoxy) is 1. The molecule has 0 aliphatic carbocycles. The van der Waals surface area contributed by atoms with Crippen molar-refractivity contribution in [2.75, 3.05) is 19.8 Å². The fourth-order valence-electron chi connectivity index (χ4n) is 2.54. The van der Waals surface area contributed by atoms with Gasteiger partial charge in [-0.3, -0.25) is 18.7 Å². The lowest BCUT2D eigenvalue weighted by molar-refractivity contribution is -0.121. The van der Waals surface area contributed by atoms with Gasteiger partial charge < -0.3 is 10.1 Å². The number of aromatic nitrogens is 2. The summed E-state index contributed by atoms with van der Waals surface area (Å²) in [5, 5.41) is 2.70. The first-order chi connectivity index (χ1) is 12.5. The molecule has 1 N–H and O–H groups in total. The Morgan fingerprint density at radius 1 is 1.19 bits per heavy atom. The third-order valence-electron chi connectivity index (χ3n) is 4.04. The van der Waals surface area contributed by atoms with Gasteiger partial charge in [0.2, 0.25) is 5.91 Å². The Labute approximate surface area is 152 Å². The standard InChI is InChI=1S/C19H25N3O4/c1-3-26-12-6-10-20-17(23)14-22-18(24)9-11-21(19(22)25)13-16-8-5-4-7-15(16)2/h4-5,7-9,11H,3,6,10,12-14H2,1-2H3,(H,20,23). The first-order valence-corrected chi connectivity index (χ1v) is 8.72. The molecule has 7 nitrogen and oxygen atoms in total. The molecule has 0 aliphatic heterocycles. The fourth-order valence-corrected chi connectivity index (χ4v) is 2.54. The van der Waals surface area contributed by atoms with Crippen molar-refractivity contribution in [3.63, 3.8) is 0 Å². The first-order valence-electron chi connectivity index (χ1n) is 8.72. The van der Waals surface area contributed by atoms with Crippen LogP contribution in [0.1, 0.15) is 24.5 Å². The first kappa shape index (κ1) is 19.7. The van der Waals surface area contributed by atoms with E-state index in [1.165, 1.54) is 16.8 Å². The van der Waals surface area contributed by atoms with Crippen molar-refractivity contribution in [1.29, 1.82) is 0 Å². The van der Waals surface area contributed by atoms with Gasteiger partial charge in [0.25, 0.3) is 5.56 Å². The summed E-state index contributed by atoms with van der Waals surface area (Å²) in [6.45, 7) is 5.56. The van der Waals surface area contributed by atoms with E-state index in [1.807, 2.05) is 38.1 Å². The summed E-state index contributed by atoms with van der Waals surface area (Å²) in [5.74, 6) is -0.366. The molecule has 2 aromatic rings. The van der Waals surface area contributed by atoms with E-state index in [0.29, 0.717) is 32.7 Å². The zero-order valence-corrected chi connectivity index (χ0v) is 15.2. The van der Waals surface area contributed by atoms with Crippen LogP contribution >= 0.6 is 0 Å². The van der Waals surface area contributed by atoms with Crippen LogP contribution in [0, 0.1) is 6.92 Å². The van der Waals surface area contributed by atoms with Crippen molar-refractivity contribution in [3.8, 4) is 0 Å². The van der Waals surface area contributed by atoms with Crippen molar-refractivity contribution in [1.82, 2.24) is 14.5 Å². The number of hydrogen-bond donors (Lipinski definition) is 1. The smallest absolute Gasteiger partial charge is 0.331 e. The van der Waals surface area contributed by atoms with Crippen LogP contribution in [0.5, 0.6) is 0 Å². The zero-order chi connectivity index (χ0) is 18.9. The van der Waals surface area contributed by atoms with Crippen LogP contribution in [0.15, 0.2) is 46.1 Å². The largest absolute Gasteiger partial charge is 0.382 e. The SMILES string of the molecule is CCOCCCNC(=O)Cn1c(=O)ccn(Cc2ccccc2C)c1=O. The molecule has 0 radical (unpaired) electrons. The number of aryl methyl sites for hydroxylation is 1. The summed E-state index contributed by atoms with van der Waals surface area (Å²) in [6.07, 6.45) is 2.15. The second kappa shape index (κ2) is 9.72. The number of amides is 1. The number of nitrogens with one attached hydrogen (secondary N) is 1. The highest BCUT2D eigenvalue weighted by Crippen LogP contribution is 2.07. The van der Waals surface area contributed by atoms with E-state index < -0.39 is 11.2 Å². The molecule has 7 heteroatoms. The molecule has 0 unspecified atom stereocenters. The van der Waals surface area contributed by atoms with Gasteiger partial charge in [0.1, 0.15) is 6.54 Å². The van der Waals surface area contributed by atoms with E-state index in [4.69, 9.17) is 4.74 Å². The van der Waals surface area contributed by atoms with Crippen molar-refractivity contribution in [2.24, 2.45) is 0 Å². The minimum atomic E-state index is -0.495. The summed E-state index contributed by atoms with van der Waals surface area (Å²) < 4.78 is 7.59. The van der Waals surface area contributed by atoms with Crippen LogP contribution in [0.4, 0.5) is 0 Å². The predicted molar refractivity (Wildman–Crippen MR) is 99.4 cm³/mol. The summed E-state index contributed by atoms with van der Waals surface area (Å²) >= 11 is 0. The normalized spacial score (nSPS) is 10.7. The Morgan fingerprint density at radius 3 is 2.69 bits per heavy atom. The average molecular weight is 359 g/mol. The molecule has 1 aromatic carbocycles. The molecule has 1 aromatic heterocycles. The summed E-state index contributed by atoms with van der Waals surface area (Å²) in [6, 6.07) is 9.04. The average Bonchev–Trinajstić information content (AvgIpc) is 2.62. The van der Waals surface area contributed by atoms with Gasteiger partial charge >= 0.3 is 5.69 Å². The maximum absolute atomic E-state index is 12.6. The minimum absolute atomic E-state index is 0.291. The van der Waals surface area contributed by atoms with E-state index in [-0.39, 0.29) is 12.5 Å². The monoisotopic (exact) mass is 359 g/mol. The highest BCUT2D eigenvalue weighted by atomic mass is 16.5. The fraction of sp³-hybridized carbons (Fsp3) is 0.421. The van der Waals surface area contributed by atoms with Crippen LogP contribution in [0.2, 0.25) is 0 Å². The lowest BCUT2D eigenvalue weighted by Gasteiger charge is -2.11. The van der Waals surface area contributed by atoms with Gasteiger partial charge in [-0.2, -0.15) is 0 Å². The molecule has 0 bridgehead atoms. The molecular formula is C19H25N3O4. The van der Waals surface area contributed by atoms with E-state index in [0.717, 1.165) is 15.7 Å². The number of rotatable bonds is 9. The van der Waals surface area contributed by atoms with E-state index in [1.54, 1.807) is 0 Å². The molecule has 0 fully saturated rings. The Bertz CT molecular complexity index is 854. The van der Waals surface area contributed by atoms with Crippen molar-refractivity contribution < 1.29 is 9.53 Å². The van der Waals surface area contributed by atoms with Gasteiger partial charge in [-0.1, -0.05) is 24.3 Å². The molecular weight excluding hydrogens is 334 g/mol. The van der Waals surface area contributed by atoms with Gasteiger partial charge in [-0.05, 0) is 31.4 Å². The molecule has 0 spiro atoms. The predicted octanol–water partition coefficient (Wildman–Crippen LogP) is 0.910. The highest BCUT2D eigenvalue weighted by Gasteiger charge is 2.10. The molecule has 0 saturated heterocycles. The molecule has 0 atom stereocenters. The van der Waals surface area contributed by atoms with Gasteiger partial charge in [0.05, 0.1) is 6.54 Å². The Hall–Kier alpha value is -2.67. The molecule has 140 valence electrons. The number of carbonyl (C=O) groups is 1. The lowest BCUT2D eigenvalue weighted by Crippen LogP contribution is -2.43. The number of carbonyl (C=O) groups excluding carboxylic acids is 1. The lowest BCUT2D eigenvalue weighted by atomic mass is 10.1. The van der Waals surface area contributed by atoms with Crippen molar-refractivity contribution in [2.45, 2.75) is 33.4 Å². The Kier molecular flexibility index (Phi) is 7.35. The summed E-state index contributed by atoms with van der Waals surface area (Å²) in [5.41, 5.74) is 1.06. The van der Waals surface area contributed by atoms with Crippen molar-refractivity contribution in [3.05, 3.63) is 68.5 Å².